The highest BCUT2D eigenvalue weighted by molar-refractivity contribution is 5.17. The van der Waals surface area contributed by atoms with Gasteiger partial charge in [0.05, 0.1) is 5.60 Å². The van der Waals surface area contributed by atoms with Gasteiger partial charge in [0.2, 0.25) is 0 Å². The lowest BCUT2D eigenvalue weighted by Gasteiger charge is -2.44. The van der Waals surface area contributed by atoms with E-state index in [1.54, 1.807) is 0 Å². The van der Waals surface area contributed by atoms with Gasteiger partial charge >= 0.3 is 0 Å². The number of hydrogen-bond acceptors (Lipinski definition) is 2. The summed E-state index contributed by atoms with van der Waals surface area (Å²) in [7, 11) is 1.90. The summed E-state index contributed by atoms with van der Waals surface area (Å²) in [6, 6.07) is 11.2. The standard InChI is InChI=1S/C19H31NO/c1-4-14-20-18(15-17-8-6-5-7-9-17)19(21-3)12-10-16(2)11-13-19/h5-9,16,18,20H,4,10-15H2,1-3H3. The third kappa shape index (κ3) is 4.31. The van der Waals surface area contributed by atoms with E-state index in [0.717, 1.165) is 18.9 Å². The molecule has 2 heteroatoms. The molecule has 1 unspecified atom stereocenters. The first-order valence-electron chi connectivity index (χ1n) is 8.52. The van der Waals surface area contributed by atoms with Crippen molar-refractivity contribution in [3.05, 3.63) is 35.9 Å². The van der Waals surface area contributed by atoms with Crippen LogP contribution in [0.1, 0.15) is 51.5 Å². The van der Waals surface area contributed by atoms with Gasteiger partial charge in [0.25, 0.3) is 0 Å². The van der Waals surface area contributed by atoms with Gasteiger partial charge in [-0.05, 0) is 56.6 Å². The lowest BCUT2D eigenvalue weighted by molar-refractivity contribution is -0.0745. The van der Waals surface area contributed by atoms with Crippen LogP contribution in [0.3, 0.4) is 0 Å². The first kappa shape index (κ1) is 16.5. The molecule has 0 heterocycles. The number of methoxy groups -OCH3 is 1. The number of nitrogens with one attached hydrogen (secondary N) is 1. The van der Waals surface area contributed by atoms with Crippen molar-refractivity contribution in [1.82, 2.24) is 5.32 Å². The van der Waals surface area contributed by atoms with Crippen LogP contribution in [-0.2, 0) is 11.2 Å². The van der Waals surface area contributed by atoms with Gasteiger partial charge < -0.3 is 10.1 Å². The highest BCUT2D eigenvalue weighted by atomic mass is 16.5. The minimum absolute atomic E-state index is 0.0114. The maximum absolute atomic E-state index is 6.10. The van der Waals surface area contributed by atoms with E-state index >= 15 is 0 Å². The summed E-state index contributed by atoms with van der Waals surface area (Å²) in [5.74, 6) is 0.844. The van der Waals surface area contributed by atoms with Crippen molar-refractivity contribution < 1.29 is 4.74 Å². The van der Waals surface area contributed by atoms with Crippen LogP contribution in [0.25, 0.3) is 0 Å². The summed E-state index contributed by atoms with van der Waals surface area (Å²) >= 11 is 0. The zero-order chi connectivity index (χ0) is 15.1. The van der Waals surface area contributed by atoms with E-state index in [1.807, 2.05) is 7.11 Å². The predicted octanol–water partition coefficient (Wildman–Crippen LogP) is 4.19. The van der Waals surface area contributed by atoms with Crippen LogP contribution < -0.4 is 5.32 Å². The van der Waals surface area contributed by atoms with E-state index in [2.05, 4.69) is 49.5 Å². The maximum atomic E-state index is 6.10. The van der Waals surface area contributed by atoms with Crippen molar-refractivity contribution >= 4 is 0 Å². The second-order valence-electron chi connectivity index (χ2n) is 6.65. The molecule has 2 nitrogen and oxygen atoms in total. The minimum Gasteiger partial charge on any atom is -0.377 e. The number of ether oxygens (including phenoxy) is 1. The second kappa shape index (κ2) is 7.95. The van der Waals surface area contributed by atoms with E-state index in [0.29, 0.717) is 6.04 Å². The Morgan fingerprint density at radius 2 is 1.90 bits per heavy atom. The van der Waals surface area contributed by atoms with Crippen LogP contribution in [0.2, 0.25) is 0 Å². The fourth-order valence-electron chi connectivity index (χ4n) is 3.56. The Morgan fingerprint density at radius 1 is 1.24 bits per heavy atom. The molecule has 0 saturated heterocycles. The molecule has 1 aromatic carbocycles. The smallest absolute Gasteiger partial charge is 0.0834 e. The zero-order valence-corrected chi connectivity index (χ0v) is 13.9. The fraction of sp³-hybridized carbons (Fsp3) is 0.684. The number of hydrogen-bond donors (Lipinski definition) is 1. The topological polar surface area (TPSA) is 21.3 Å². The van der Waals surface area contributed by atoms with Gasteiger partial charge in [-0.25, -0.2) is 0 Å². The summed E-state index contributed by atoms with van der Waals surface area (Å²) in [4.78, 5) is 0. The first-order chi connectivity index (χ1) is 10.2. The second-order valence-corrected chi connectivity index (χ2v) is 6.65. The molecule has 1 fully saturated rings. The Kier molecular flexibility index (Phi) is 6.25. The number of benzene rings is 1. The zero-order valence-electron chi connectivity index (χ0n) is 13.9. The first-order valence-corrected chi connectivity index (χ1v) is 8.52. The lowest BCUT2D eigenvalue weighted by atomic mass is 9.73. The molecule has 1 N–H and O–H groups in total. The maximum Gasteiger partial charge on any atom is 0.0834 e. The normalized spacial score (nSPS) is 27.5. The van der Waals surface area contributed by atoms with E-state index in [4.69, 9.17) is 4.74 Å². The van der Waals surface area contributed by atoms with Crippen molar-refractivity contribution in [2.45, 2.75) is 64.0 Å². The Labute approximate surface area is 130 Å². The van der Waals surface area contributed by atoms with Gasteiger partial charge in [0.1, 0.15) is 0 Å². The molecule has 21 heavy (non-hydrogen) atoms. The summed E-state index contributed by atoms with van der Waals surface area (Å²) in [6.45, 7) is 5.67. The highest BCUT2D eigenvalue weighted by Gasteiger charge is 2.41. The van der Waals surface area contributed by atoms with Crippen LogP contribution >= 0.6 is 0 Å². The molecule has 118 valence electrons. The van der Waals surface area contributed by atoms with E-state index in [9.17, 15) is 0 Å². The molecule has 0 radical (unpaired) electrons. The van der Waals surface area contributed by atoms with E-state index < -0.39 is 0 Å². The summed E-state index contributed by atoms with van der Waals surface area (Å²) in [5, 5.41) is 3.77. The van der Waals surface area contributed by atoms with Crippen molar-refractivity contribution in [1.29, 1.82) is 0 Å². The Hall–Kier alpha value is -0.860. The van der Waals surface area contributed by atoms with Crippen LogP contribution in [0.4, 0.5) is 0 Å². The summed E-state index contributed by atoms with van der Waals surface area (Å²) in [5.41, 5.74) is 1.42. The highest BCUT2D eigenvalue weighted by Crippen LogP contribution is 2.37. The Bertz CT molecular complexity index is 395. The molecule has 0 amide bonds. The monoisotopic (exact) mass is 289 g/mol. The van der Waals surface area contributed by atoms with E-state index in [-0.39, 0.29) is 5.60 Å². The third-order valence-corrected chi connectivity index (χ3v) is 5.09. The van der Waals surface area contributed by atoms with Crippen LogP contribution in [0, 0.1) is 5.92 Å². The van der Waals surface area contributed by atoms with Gasteiger partial charge in [-0.2, -0.15) is 0 Å². The predicted molar refractivity (Wildman–Crippen MR) is 89.6 cm³/mol. The molecule has 1 aromatic rings. The molecule has 0 bridgehead atoms. The van der Waals surface area contributed by atoms with Crippen molar-refractivity contribution in [3.8, 4) is 0 Å². The van der Waals surface area contributed by atoms with E-state index in [1.165, 1.54) is 37.7 Å². The summed E-state index contributed by atoms with van der Waals surface area (Å²) in [6.07, 6.45) is 7.15. The largest absolute Gasteiger partial charge is 0.377 e. The fourth-order valence-corrected chi connectivity index (χ4v) is 3.56. The minimum atomic E-state index is 0.0114. The molecule has 0 aromatic heterocycles. The van der Waals surface area contributed by atoms with Crippen molar-refractivity contribution in [2.75, 3.05) is 13.7 Å². The summed E-state index contributed by atoms with van der Waals surface area (Å²) < 4.78 is 6.10. The van der Waals surface area contributed by atoms with Gasteiger partial charge in [-0.15, -0.1) is 0 Å². The van der Waals surface area contributed by atoms with Crippen LogP contribution in [0.15, 0.2) is 30.3 Å². The van der Waals surface area contributed by atoms with Crippen LogP contribution in [0.5, 0.6) is 0 Å². The Balaban J connectivity index is 2.13. The number of rotatable bonds is 7. The molecular formula is C19H31NO. The van der Waals surface area contributed by atoms with Gasteiger partial charge in [-0.3, -0.25) is 0 Å². The third-order valence-electron chi connectivity index (χ3n) is 5.09. The molecule has 0 aliphatic heterocycles. The molecule has 0 spiro atoms. The van der Waals surface area contributed by atoms with Crippen molar-refractivity contribution in [3.63, 3.8) is 0 Å². The van der Waals surface area contributed by atoms with Gasteiger partial charge in [0.15, 0.2) is 0 Å². The Morgan fingerprint density at radius 3 is 2.48 bits per heavy atom. The van der Waals surface area contributed by atoms with Crippen molar-refractivity contribution in [2.24, 2.45) is 5.92 Å². The molecule has 1 atom stereocenters. The average molecular weight is 289 g/mol. The molecule has 1 aliphatic carbocycles. The average Bonchev–Trinajstić information content (AvgIpc) is 2.54. The van der Waals surface area contributed by atoms with Crippen LogP contribution in [-0.4, -0.2) is 25.3 Å². The molecule has 2 rings (SSSR count). The molecule has 1 saturated carbocycles. The molecule has 1 aliphatic rings. The lowest BCUT2D eigenvalue weighted by Crippen LogP contribution is -2.55. The quantitative estimate of drug-likeness (QED) is 0.812. The SMILES string of the molecule is CCCNC(Cc1ccccc1)C1(OC)CCC(C)CC1. The van der Waals surface area contributed by atoms with Gasteiger partial charge in [0, 0.05) is 13.2 Å². The molecular weight excluding hydrogens is 258 g/mol. The van der Waals surface area contributed by atoms with Gasteiger partial charge in [-0.1, -0.05) is 44.2 Å².